The highest BCUT2D eigenvalue weighted by Gasteiger charge is 2.24. The Kier molecular flexibility index (Phi) is 7.67. The van der Waals surface area contributed by atoms with Crippen LogP contribution in [0.25, 0.3) is 5.65 Å². The molecule has 2 aromatic rings. The third-order valence-electron chi connectivity index (χ3n) is 4.41. The minimum atomic E-state index is -0.584. The van der Waals surface area contributed by atoms with Gasteiger partial charge in [0.2, 0.25) is 5.91 Å². The molecule has 26 heavy (non-hydrogen) atoms. The smallest absolute Gasteiger partial charge is 0.241 e. The summed E-state index contributed by atoms with van der Waals surface area (Å²) in [6, 6.07) is 3.16. The van der Waals surface area contributed by atoms with E-state index in [9.17, 15) is 4.79 Å². The monoisotopic (exact) mass is 401 g/mol. The Balaban J connectivity index is 0.00000243. The summed E-state index contributed by atoms with van der Waals surface area (Å²) >= 11 is 6.02. The van der Waals surface area contributed by atoms with E-state index in [1.807, 2.05) is 33.8 Å². The van der Waals surface area contributed by atoms with Crippen LogP contribution in [0.5, 0.6) is 0 Å². The summed E-state index contributed by atoms with van der Waals surface area (Å²) in [6.45, 7) is 4.15. The average molecular weight is 402 g/mol. The van der Waals surface area contributed by atoms with Crippen molar-refractivity contribution in [3.05, 3.63) is 35.2 Å². The Bertz CT molecular complexity index is 739. The van der Waals surface area contributed by atoms with Gasteiger partial charge < -0.3 is 19.8 Å². The van der Waals surface area contributed by atoms with Gasteiger partial charge in [-0.05, 0) is 18.6 Å². The number of amides is 1. The van der Waals surface area contributed by atoms with Crippen LogP contribution in [0.3, 0.4) is 0 Å². The summed E-state index contributed by atoms with van der Waals surface area (Å²) in [5, 5.41) is 0.688. The molecular weight excluding hydrogens is 377 g/mol. The van der Waals surface area contributed by atoms with E-state index in [0.717, 1.165) is 43.9 Å². The van der Waals surface area contributed by atoms with Gasteiger partial charge in [0.15, 0.2) is 0 Å². The SMILES string of the molecule is COCC(N)C(=O)N1CCCN(Cc2cn3cc(Cl)ccc3n2)CC1.Cl. The van der Waals surface area contributed by atoms with Crippen molar-refractivity contribution < 1.29 is 9.53 Å². The molecule has 1 aliphatic heterocycles. The average Bonchev–Trinajstić information content (AvgIpc) is 2.82. The number of aromatic nitrogens is 2. The maximum atomic E-state index is 12.3. The van der Waals surface area contributed by atoms with Gasteiger partial charge >= 0.3 is 0 Å². The van der Waals surface area contributed by atoms with Crippen molar-refractivity contribution in [2.24, 2.45) is 5.73 Å². The lowest BCUT2D eigenvalue weighted by molar-refractivity contribution is -0.133. The molecule has 3 heterocycles. The van der Waals surface area contributed by atoms with Crippen molar-refractivity contribution in [3.8, 4) is 0 Å². The van der Waals surface area contributed by atoms with Gasteiger partial charge in [0.05, 0.1) is 17.3 Å². The van der Waals surface area contributed by atoms with E-state index in [-0.39, 0.29) is 24.9 Å². The first-order chi connectivity index (χ1) is 12.1. The van der Waals surface area contributed by atoms with E-state index in [1.54, 1.807) is 7.11 Å². The number of nitrogens with two attached hydrogens (primary N) is 1. The molecule has 1 aliphatic rings. The number of fused-ring (bicyclic) bond motifs is 1. The quantitative estimate of drug-likeness (QED) is 0.819. The maximum Gasteiger partial charge on any atom is 0.241 e. The second-order valence-electron chi connectivity index (χ2n) is 6.36. The van der Waals surface area contributed by atoms with Crippen molar-refractivity contribution in [3.63, 3.8) is 0 Å². The Hall–Kier alpha value is -1.38. The number of imidazole rings is 1. The molecule has 0 spiro atoms. The van der Waals surface area contributed by atoms with Crippen LogP contribution in [0, 0.1) is 0 Å². The number of hydrogen-bond donors (Lipinski definition) is 1. The highest BCUT2D eigenvalue weighted by atomic mass is 35.5. The standard InChI is InChI=1S/C17H24ClN5O2.ClH/c1-25-12-15(19)17(24)22-6-2-5-21(7-8-22)10-14-11-23-9-13(18)3-4-16(23)20-14;/h3-4,9,11,15H,2,5-8,10,12,19H2,1H3;1H. The topological polar surface area (TPSA) is 76.1 Å². The van der Waals surface area contributed by atoms with Gasteiger partial charge in [-0.15, -0.1) is 12.4 Å². The van der Waals surface area contributed by atoms with Gasteiger partial charge in [-0.3, -0.25) is 9.69 Å². The number of carbonyl (C=O) groups is 1. The summed E-state index contributed by atoms with van der Waals surface area (Å²) in [7, 11) is 1.55. The predicted molar refractivity (Wildman–Crippen MR) is 104 cm³/mol. The Labute approximate surface area is 164 Å². The molecule has 1 saturated heterocycles. The minimum absolute atomic E-state index is 0. The summed E-state index contributed by atoms with van der Waals surface area (Å²) < 4.78 is 6.92. The van der Waals surface area contributed by atoms with Gasteiger partial charge in [-0.2, -0.15) is 0 Å². The normalized spacial score (nSPS) is 17.0. The van der Waals surface area contributed by atoms with E-state index in [2.05, 4.69) is 9.88 Å². The summed E-state index contributed by atoms with van der Waals surface area (Å²) in [6.07, 6.45) is 4.78. The molecule has 0 radical (unpaired) electrons. The number of hydrogen-bond acceptors (Lipinski definition) is 5. The number of carbonyl (C=O) groups excluding carboxylic acids is 1. The molecule has 1 atom stereocenters. The Morgan fingerprint density at radius 3 is 2.88 bits per heavy atom. The van der Waals surface area contributed by atoms with Crippen molar-refractivity contribution in [2.75, 3.05) is 39.9 Å². The molecule has 0 bridgehead atoms. The fourth-order valence-electron chi connectivity index (χ4n) is 3.16. The van der Waals surface area contributed by atoms with Gasteiger partial charge in [0.25, 0.3) is 0 Å². The fourth-order valence-corrected chi connectivity index (χ4v) is 3.33. The molecule has 1 unspecified atom stereocenters. The van der Waals surface area contributed by atoms with Crippen LogP contribution in [0.4, 0.5) is 0 Å². The number of methoxy groups -OCH3 is 1. The van der Waals surface area contributed by atoms with E-state index in [0.29, 0.717) is 11.6 Å². The third kappa shape index (κ3) is 5.08. The zero-order chi connectivity index (χ0) is 17.8. The Morgan fingerprint density at radius 1 is 1.31 bits per heavy atom. The van der Waals surface area contributed by atoms with Crippen LogP contribution in [-0.2, 0) is 16.1 Å². The predicted octanol–water partition coefficient (Wildman–Crippen LogP) is 1.42. The van der Waals surface area contributed by atoms with Crippen LogP contribution in [0.1, 0.15) is 12.1 Å². The first kappa shape index (κ1) is 20.9. The minimum Gasteiger partial charge on any atom is -0.383 e. The molecule has 1 fully saturated rings. The molecule has 2 aromatic heterocycles. The molecule has 0 aliphatic carbocycles. The number of pyridine rings is 1. The van der Waals surface area contributed by atoms with Crippen LogP contribution in [-0.4, -0.2) is 71.0 Å². The van der Waals surface area contributed by atoms with Gasteiger partial charge in [-0.1, -0.05) is 11.6 Å². The summed E-state index contributed by atoms with van der Waals surface area (Å²) in [5.41, 5.74) is 7.75. The van der Waals surface area contributed by atoms with Gasteiger partial charge in [0.1, 0.15) is 11.7 Å². The van der Waals surface area contributed by atoms with Gasteiger partial charge in [0, 0.05) is 52.2 Å². The lowest BCUT2D eigenvalue weighted by Gasteiger charge is -2.24. The highest BCUT2D eigenvalue weighted by Crippen LogP contribution is 2.14. The molecule has 7 nitrogen and oxygen atoms in total. The van der Waals surface area contributed by atoms with Crippen LogP contribution < -0.4 is 5.73 Å². The van der Waals surface area contributed by atoms with Crippen molar-refractivity contribution in [1.82, 2.24) is 19.2 Å². The van der Waals surface area contributed by atoms with E-state index < -0.39 is 6.04 Å². The van der Waals surface area contributed by atoms with E-state index in [1.165, 1.54) is 0 Å². The zero-order valence-electron chi connectivity index (χ0n) is 14.8. The first-order valence-corrected chi connectivity index (χ1v) is 8.83. The number of rotatable bonds is 5. The Morgan fingerprint density at radius 2 is 2.12 bits per heavy atom. The summed E-state index contributed by atoms with van der Waals surface area (Å²) in [5.74, 6) is -0.0360. The lowest BCUT2D eigenvalue weighted by atomic mass is 10.2. The zero-order valence-corrected chi connectivity index (χ0v) is 16.4. The highest BCUT2D eigenvalue weighted by molar-refractivity contribution is 6.30. The van der Waals surface area contributed by atoms with Crippen LogP contribution in [0.15, 0.2) is 24.5 Å². The third-order valence-corrected chi connectivity index (χ3v) is 4.64. The maximum absolute atomic E-state index is 12.3. The first-order valence-electron chi connectivity index (χ1n) is 8.45. The van der Waals surface area contributed by atoms with E-state index in [4.69, 9.17) is 22.1 Å². The lowest BCUT2D eigenvalue weighted by Crippen LogP contribution is -2.47. The fraction of sp³-hybridized carbons (Fsp3) is 0.529. The second-order valence-corrected chi connectivity index (χ2v) is 6.80. The van der Waals surface area contributed by atoms with Crippen LogP contribution in [0.2, 0.25) is 5.02 Å². The number of ether oxygens (including phenoxy) is 1. The van der Waals surface area contributed by atoms with Crippen molar-refractivity contribution >= 4 is 35.6 Å². The molecular formula is C17H25Cl2N5O2. The molecule has 0 aromatic carbocycles. The molecule has 144 valence electrons. The summed E-state index contributed by atoms with van der Waals surface area (Å²) in [4.78, 5) is 21.1. The molecule has 3 rings (SSSR count). The van der Waals surface area contributed by atoms with Crippen molar-refractivity contribution in [2.45, 2.75) is 19.0 Å². The number of halogens is 2. The molecule has 2 N–H and O–H groups in total. The number of nitrogens with zero attached hydrogens (tertiary/aromatic N) is 4. The molecule has 0 saturated carbocycles. The van der Waals surface area contributed by atoms with E-state index >= 15 is 0 Å². The van der Waals surface area contributed by atoms with Crippen LogP contribution >= 0.6 is 24.0 Å². The second kappa shape index (κ2) is 9.53. The van der Waals surface area contributed by atoms with Gasteiger partial charge in [-0.25, -0.2) is 4.98 Å². The molecule has 9 heteroatoms. The largest absolute Gasteiger partial charge is 0.383 e. The molecule has 1 amide bonds. The van der Waals surface area contributed by atoms with Crippen molar-refractivity contribution in [1.29, 1.82) is 0 Å².